The number of nitriles is 2. The van der Waals surface area contributed by atoms with Gasteiger partial charge in [0, 0.05) is 16.3 Å². The van der Waals surface area contributed by atoms with E-state index in [0.717, 1.165) is 26.7 Å². The van der Waals surface area contributed by atoms with E-state index in [1.165, 1.54) is 0 Å². The molecule has 0 radical (unpaired) electrons. The third-order valence-electron chi connectivity index (χ3n) is 4.05. The van der Waals surface area contributed by atoms with Gasteiger partial charge in [-0.15, -0.1) is 0 Å². The van der Waals surface area contributed by atoms with Crippen LogP contribution < -0.4 is 4.90 Å². The summed E-state index contributed by atoms with van der Waals surface area (Å²) in [6, 6.07) is 17.6. The van der Waals surface area contributed by atoms with Crippen LogP contribution in [0.2, 0.25) is 0 Å². The van der Waals surface area contributed by atoms with Gasteiger partial charge in [0.1, 0.15) is 17.7 Å². The number of carbonyl (C=O) groups excluding carboxylic acids is 1. The Hall–Kier alpha value is -3.22. The van der Waals surface area contributed by atoms with Crippen LogP contribution in [0.5, 0.6) is 0 Å². The molecule has 6 heteroatoms. The molecule has 27 heavy (non-hydrogen) atoms. The maximum atomic E-state index is 11.8. The molecule has 134 valence electrons. The van der Waals surface area contributed by atoms with E-state index in [1.807, 2.05) is 54.6 Å². The number of para-hydroxylation sites is 1. The maximum Gasteiger partial charge on any atom is 0.307 e. The molecule has 1 aliphatic heterocycles. The van der Waals surface area contributed by atoms with Crippen molar-refractivity contribution in [1.29, 1.82) is 10.5 Å². The lowest BCUT2D eigenvalue weighted by Crippen LogP contribution is -2.24. The van der Waals surface area contributed by atoms with Gasteiger partial charge in [-0.3, -0.25) is 4.79 Å². The van der Waals surface area contributed by atoms with Crippen LogP contribution in [0.25, 0.3) is 6.08 Å². The first kappa shape index (κ1) is 18.6. The summed E-state index contributed by atoms with van der Waals surface area (Å²) in [5, 5.41) is 17.9. The van der Waals surface area contributed by atoms with Crippen molar-refractivity contribution in [2.24, 2.45) is 0 Å². The predicted octanol–water partition coefficient (Wildman–Crippen LogP) is 4.67. The molecule has 1 aliphatic rings. The molecular weight excluding hydrogens is 358 g/mol. The molecule has 0 amide bonds. The molecule has 5 nitrogen and oxygen atoms in total. The van der Waals surface area contributed by atoms with E-state index in [4.69, 9.17) is 15.3 Å². The van der Waals surface area contributed by atoms with Gasteiger partial charge in [0.05, 0.1) is 24.4 Å². The number of rotatable bonds is 5. The molecule has 3 rings (SSSR count). The quantitative estimate of drug-likeness (QED) is 0.558. The summed E-state index contributed by atoms with van der Waals surface area (Å²) in [7, 11) is 0. The molecule has 0 fully saturated rings. The zero-order chi connectivity index (χ0) is 19.2. The van der Waals surface area contributed by atoms with Gasteiger partial charge in [-0.05, 0) is 42.8 Å². The summed E-state index contributed by atoms with van der Waals surface area (Å²) in [4.78, 5) is 16.0. The van der Waals surface area contributed by atoms with Crippen molar-refractivity contribution in [2.45, 2.75) is 23.1 Å². The molecule has 0 unspecified atom stereocenters. The van der Waals surface area contributed by atoms with Gasteiger partial charge in [-0.1, -0.05) is 30.0 Å². The van der Waals surface area contributed by atoms with Crippen LogP contribution >= 0.6 is 11.8 Å². The normalized spacial score (nSPS) is 11.4. The molecule has 2 aromatic rings. The van der Waals surface area contributed by atoms with E-state index in [2.05, 4.69) is 4.90 Å². The number of benzene rings is 2. The highest BCUT2D eigenvalue weighted by molar-refractivity contribution is 7.99. The van der Waals surface area contributed by atoms with Crippen molar-refractivity contribution in [1.82, 2.24) is 0 Å². The van der Waals surface area contributed by atoms with Gasteiger partial charge >= 0.3 is 5.97 Å². The first-order valence-corrected chi connectivity index (χ1v) is 9.34. The summed E-state index contributed by atoms with van der Waals surface area (Å²) in [5.41, 5.74) is 2.91. The number of ether oxygens (including phenoxy) is 1. The minimum Gasteiger partial charge on any atom is -0.466 e. The lowest BCUT2D eigenvalue weighted by Gasteiger charge is -2.32. The van der Waals surface area contributed by atoms with Crippen LogP contribution in [0.4, 0.5) is 11.4 Å². The Morgan fingerprint density at radius 2 is 1.89 bits per heavy atom. The number of esters is 1. The van der Waals surface area contributed by atoms with Crippen molar-refractivity contribution in [2.75, 3.05) is 18.1 Å². The van der Waals surface area contributed by atoms with Crippen LogP contribution in [0.15, 0.2) is 57.8 Å². The molecule has 0 aliphatic carbocycles. The standard InChI is InChI=1S/C21H17N3O2S/c1-2-26-21(25)9-10-24-17-5-3-4-6-19(17)27-20-12-15(7-8-18(20)24)11-16(13-22)14-23/h3-8,11-12H,2,9-10H2,1H3. The molecule has 0 saturated heterocycles. The topological polar surface area (TPSA) is 77.1 Å². The Bertz CT molecular complexity index is 970. The van der Waals surface area contributed by atoms with Crippen LogP contribution in [-0.2, 0) is 9.53 Å². The van der Waals surface area contributed by atoms with E-state index in [1.54, 1.807) is 24.8 Å². The van der Waals surface area contributed by atoms with Crippen LogP contribution in [0.3, 0.4) is 0 Å². The van der Waals surface area contributed by atoms with E-state index in [9.17, 15) is 4.79 Å². The average molecular weight is 375 g/mol. The van der Waals surface area contributed by atoms with E-state index in [0.29, 0.717) is 19.6 Å². The van der Waals surface area contributed by atoms with Crippen LogP contribution in [0, 0.1) is 22.7 Å². The van der Waals surface area contributed by atoms with Crippen LogP contribution in [0.1, 0.15) is 18.9 Å². The fourth-order valence-corrected chi connectivity index (χ4v) is 4.02. The van der Waals surface area contributed by atoms with Crippen molar-refractivity contribution < 1.29 is 9.53 Å². The number of carbonyl (C=O) groups is 1. The third-order valence-corrected chi connectivity index (χ3v) is 5.16. The van der Waals surface area contributed by atoms with Crippen molar-refractivity contribution in [3.05, 3.63) is 53.6 Å². The average Bonchev–Trinajstić information content (AvgIpc) is 2.69. The van der Waals surface area contributed by atoms with Gasteiger partial charge in [0.2, 0.25) is 0 Å². The fraction of sp³-hybridized carbons (Fsp3) is 0.190. The monoisotopic (exact) mass is 375 g/mol. The summed E-state index contributed by atoms with van der Waals surface area (Å²) in [6.07, 6.45) is 1.87. The summed E-state index contributed by atoms with van der Waals surface area (Å²) < 4.78 is 5.06. The zero-order valence-corrected chi connectivity index (χ0v) is 15.6. The van der Waals surface area contributed by atoms with Crippen molar-refractivity contribution in [3.8, 4) is 12.1 Å². The molecule has 1 heterocycles. The summed E-state index contributed by atoms with van der Waals surface area (Å²) in [5.74, 6) is -0.220. The van der Waals surface area contributed by atoms with Crippen molar-refractivity contribution in [3.63, 3.8) is 0 Å². The highest BCUT2D eigenvalue weighted by atomic mass is 32.2. The molecule has 0 saturated carbocycles. The molecule has 2 aromatic carbocycles. The Balaban J connectivity index is 1.96. The van der Waals surface area contributed by atoms with E-state index >= 15 is 0 Å². The number of allylic oxidation sites excluding steroid dienone is 1. The summed E-state index contributed by atoms with van der Waals surface area (Å²) >= 11 is 1.63. The predicted molar refractivity (Wildman–Crippen MR) is 104 cm³/mol. The number of anilines is 2. The number of nitrogens with zero attached hydrogens (tertiary/aromatic N) is 3. The lowest BCUT2D eigenvalue weighted by atomic mass is 10.1. The second-order valence-corrected chi connectivity index (χ2v) is 6.87. The Morgan fingerprint density at radius 3 is 2.63 bits per heavy atom. The minimum absolute atomic E-state index is 0.0651. The Morgan fingerprint density at radius 1 is 1.15 bits per heavy atom. The highest BCUT2D eigenvalue weighted by Crippen LogP contribution is 2.48. The maximum absolute atomic E-state index is 11.8. The van der Waals surface area contributed by atoms with Gasteiger partial charge in [0.25, 0.3) is 0 Å². The zero-order valence-electron chi connectivity index (χ0n) is 14.8. The molecule has 0 atom stereocenters. The van der Waals surface area contributed by atoms with Crippen molar-refractivity contribution >= 4 is 35.2 Å². The minimum atomic E-state index is -0.220. The molecule has 0 spiro atoms. The van der Waals surface area contributed by atoms with Gasteiger partial charge < -0.3 is 9.64 Å². The largest absolute Gasteiger partial charge is 0.466 e. The number of fused-ring (bicyclic) bond motifs is 2. The lowest BCUT2D eigenvalue weighted by molar-refractivity contribution is -0.142. The van der Waals surface area contributed by atoms with Gasteiger partial charge in [0.15, 0.2) is 0 Å². The second kappa shape index (κ2) is 8.44. The Labute approximate surface area is 162 Å². The van der Waals surface area contributed by atoms with Crippen LogP contribution in [-0.4, -0.2) is 19.1 Å². The first-order valence-electron chi connectivity index (χ1n) is 8.52. The fourth-order valence-electron chi connectivity index (χ4n) is 2.87. The third kappa shape index (κ3) is 4.13. The molecule has 0 aromatic heterocycles. The first-order chi connectivity index (χ1) is 13.2. The SMILES string of the molecule is CCOC(=O)CCN1c2ccccc2Sc2cc(C=C(C#N)C#N)ccc21. The van der Waals surface area contributed by atoms with E-state index in [-0.39, 0.29) is 11.5 Å². The number of hydrogen-bond acceptors (Lipinski definition) is 6. The molecular formula is C21H17N3O2S. The Kier molecular flexibility index (Phi) is 5.80. The van der Waals surface area contributed by atoms with E-state index < -0.39 is 0 Å². The highest BCUT2D eigenvalue weighted by Gasteiger charge is 2.24. The number of hydrogen-bond donors (Lipinski definition) is 0. The summed E-state index contributed by atoms with van der Waals surface area (Å²) in [6.45, 7) is 2.68. The van der Waals surface area contributed by atoms with Gasteiger partial charge in [-0.25, -0.2) is 0 Å². The smallest absolute Gasteiger partial charge is 0.307 e. The second-order valence-electron chi connectivity index (χ2n) is 5.79. The molecule has 0 N–H and O–H groups in total. The molecule has 0 bridgehead atoms. The van der Waals surface area contributed by atoms with Gasteiger partial charge in [-0.2, -0.15) is 10.5 Å².